The molecule has 1 fully saturated rings. The molecule has 102 valence electrons. The highest BCUT2D eigenvalue weighted by molar-refractivity contribution is 4.92. The Labute approximate surface area is 109 Å². The standard InChI is InChI=1S/C12H24N6/c1-4-12(5-2)10-18(8-6-7-13-12)9-11-14-16-17(3)15-11/h13H,4-10H2,1-3H3. The van der Waals surface area contributed by atoms with Gasteiger partial charge < -0.3 is 5.32 Å². The van der Waals surface area contributed by atoms with Gasteiger partial charge in [0, 0.05) is 12.1 Å². The lowest BCUT2D eigenvalue weighted by atomic mass is 9.92. The first-order valence-corrected chi connectivity index (χ1v) is 6.88. The first kappa shape index (κ1) is 13.4. The molecule has 6 heteroatoms. The van der Waals surface area contributed by atoms with Crippen molar-refractivity contribution in [3.8, 4) is 0 Å². The van der Waals surface area contributed by atoms with Gasteiger partial charge in [-0.05, 0) is 37.6 Å². The molecule has 0 spiro atoms. The number of hydrogen-bond donors (Lipinski definition) is 1. The van der Waals surface area contributed by atoms with E-state index >= 15 is 0 Å². The zero-order chi connectivity index (χ0) is 13.0. The topological polar surface area (TPSA) is 58.9 Å². The Bertz CT molecular complexity index is 370. The lowest BCUT2D eigenvalue weighted by Gasteiger charge is -2.35. The highest BCUT2D eigenvalue weighted by atomic mass is 15.6. The van der Waals surface area contributed by atoms with E-state index in [1.807, 2.05) is 7.05 Å². The smallest absolute Gasteiger partial charge is 0.188 e. The average molecular weight is 252 g/mol. The second-order valence-corrected chi connectivity index (χ2v) is 5.17. The molecule has 1 saturated heterocycles. The monoisotopic (exact) mass is 252 g/mol. The first-order valence-electron chi connectivity index (χ1n) is 6.88. The third-order valence-corrected chi connectivity index (χ3v) is 3.95. The Hall–Kier alpha value is -1.01. The molecule has 1 aromatic heterocycles. The Kier molecular flexibility index (Phi) is 4.29. The predicted molar refractivity (Wildman–Crippen MR) is 70.0 cm³/mol. The average Bonchev–Trinajstić information content (AvgIpc) is 2.66. The third kappa shape index (κ3) is 3.05. The van der Waals surface area contributed by atoms with Gasteiger partial charge >= 0.3 is 0 Å². The molecular formula is C12H24N6. The van der Waals surface area contributed by atoms with Crippen LogP contribution < -0.4 is 5.32 Å². The van der Waals surface area contributed by atoms with Gasteiger partial charge in [0.25, 0.3) is 0 Å². The van der Waals surface area contributed by atoms with Crippen molar-refractivity contribution >= 4 is 0 Å². The summed E-state index contributed by atoms with van der Waals surface area (Å²) >= 11 is 0. The van der Waals surface area contributed by atoms with Crippen LogP contribution in [0.4, 0.5) is 0 Å². The Morgan fingerprint density at radius 1 is 1.33 bits per heavy atom. The molecule has 0 saturated carbocycles. The minimum atomic E-state index is 0.249. The van der Waals surface area contributed by atoms with Gasteiger partial charge in [0.05, 0.1) is 13.6 Å². The fourth-order valence-corrected chi connectivity index (χ4v) is 2.66. The van der Waals surface area contributed by atoms with Crippen LogP contribution in [-0.4, -0.2) is 50.3 Å². The number of nitrogens with zero attached hydrogens (tertiary/aromatic N) is 5. The lowest BCUT2D eigenvalue weighted by Crippen LogP contribution is -2.50. The van der Waals surface area contributed by atoms with E-state index in [4.69, 9.17) is 0 Å². The van der Waals surface area contributed by atoms with Gasteiger partial charge in [-0.15, -0.1) is 10.2 Å². The van der Waals surface area contributed by atoms with E-state index < -0.39 is 0 Å². The Morgan fingerprint density at radius 2 is 2.11 bits per heavy atom. The highest BCUT2D eigenvalue weighted by Crippen LogP contribution is 2.20. The number of nitrogens with one attached hydrogen (secondary N) is 1. The number of tetrazole rings is 1. The number of hydrogen-bond acceptors (Lipinski definition) is 5. The van der Waals surface area contributed by atoms with Crippen molar-refractivity contribution in [2.24, 2.45) is 7.05 Å². The fourth-order valence-electron chi connectivity index (χ4n) is 2.66. The summed E-state index contributed by atoms with van der Waals surface area (Å²) in [6.07, 6.45) is 3.50. The van der Waals surface area contributed by atoms with E-state index in [1.54, 1.807) is 0 Å². The molecule has 0 aromatic carbocycles. The summed E-state index contributed by atoms with van der Waals surface area (Å²) in [7, 11) is 1.81. The van der Waals surface area contributed by atoms with Crippen molar-refractivity contribution in [2.45, 2.75) is 45.2 Å². The normalized spacial score (nSPS) is 20.8. The first-order chi connectivity index (χ1) is 8.67. The zero-order valence-electron chi connectivity index (χ0n) is 11.7. The van der Waals surface area contributed by atoms with Gasteiger partial charge in [-0.2, -0.15) is 4.80 Å². The molecule has 1 aromatic rings. The van der Waals surface area contributed by atoms with Crippen LogP contribution in [0.15, 0.2) is 0 Å². The van der Waals surface area contributed by atoms with E-state index in [1.165, 1.54) is 11.2 Å². The molecule has 1 N–H and O–H groups in total. The van der Waals surface area contributed by atoms with Crippen LogP contribution in [0.25, 0.3) is 0 Å². The van der Waals surface area contributed by atoms with Crippen LogP contribution in [0.5, 0.6) is 0 Å². The van der Waals surface area contributed by atoms with Crippen LogP contribution in [-0.2, 0) is 13.6 Å². The van der Waals surface area contributed by atoms with Crippen molar-refractivity contribution in [1.29, 1.82) is 0 Å². The van der Waals surface area contributed by atoms with Crippen molar-refractivity contribution < 1.29 is 0 Å². The van der Waals surface area contributed by atoms with Crippen molar-refractivity contribution in [3.05, 3.63) is 5.82 Å². The zero-order valence-corrected chi connectivity index (χ0v) is 11.7. The number of aromatic nitrogens is 4. The second kappa shape index (κ2) is 5.75. The maximum atomic E-state index is 4.27. The minimum Gasteiger partial charge on any atom is -0.310 e. The molecule has 0 bridgehead atoms. The van der Waals surface area contributed by atoms with Gasteiger partial charge in [0.2, 0.25) is 0 Å². The predicted octanol–water partition coefficient (Wildman–Crippen LogP) is 0.564. The van der Waals surface area contributed by atoms with Crippen LogP contribution in [0.2, 0.25) is 0 Å². The van der Waals surface area contributed by atoms with E-state index in [-0.39, 0.29) is 5.54 Å². The second-order valence-electron chi connectivity index (χ2n) is 5.17. The van der Waals surface area contributed by atoms with Crippen LogP contribution in [0.1, 0.15) is 38.9 Å². The third-order valence-electron chi connectivity index (χ3n) is 3.95. The molecular weight excluding hydrogens is 228 g/mol. The number of rotatable bonds is 4. The Balaban J connectivity index is 2.03. The molecule has 1 aliphatic rings. The summed E-state index contributed by atoms with van der Waals surface area (Å²) in [5.74, 6) is 0.820. The summed E-state index contributed by atoms with van der Waals surface area (Å²) in [5, 5.41) is 16.0. The van der Waals surface area contributed by atoms with Gasteiger partial charge in [0.1, 0.15) is 0 Å². The summed E-state index contributed by atoms with van der Waals surface area (Å²) in [4.78, 5) is 3.97. The van der Waals surface area contributed by atoms with Crippen LogP contribution in [0.3, 0.4) is 0 Å². The molecule has 0 radical (unpaired) electrons. The molecule has 18 heavy (non-hydrogen) atoms. The maximum absolute atomic E-state index is 4.27. The highest BCUT2D eigenvalue weighted by Gasteiger charge is 2.30. The van der Waals surface area contributed by atoms with E-state index in [2.05, 4.69) is 39.5 Å². The van der Waals surface area contributed by atoms with Crippen LogP contribution >= 0.6 is 0 Å². The van der Waals surface area contributed by atoms with E-state index in [0.29, 0.717) is 0 Å². The quantitative estimate of drug-likeness (QED) is 0.848. The summed E-state index contributed by atoms with van der Waals surface area (Å²) in [6.45, 7) is 8.61. The number of aryl methyl sites for hydroxylation is 1. The Morgan fingerprint density at radius 3 is 2.72 bits per heavy atom. The molecule has 2 heterocycles. The molecule has 2 rings (SSSR count). The maximum Gasteiger partial charge on any atom is 0.188 e. The molecule has 0 amide bonds. The molecule has 0 aliphatic carbocycles. The fraction of sp³-hybridized carbons (Fsp3) is 0.917. The SMILES string of the molecule is CCC1(CC)CN(Cc2nnn(C)n2)CCCN1. The van der Waals surface area contributed by atoms with Gasteiger partial charge in [0.15, 0.2) is 5.82 Å². The molecule has 0 atom stereocenters. The van der Waals surface area contributed by atoms with Crippen LogP contribution in [0, 0.1) is 0 Å². The summed E-state index contributed by atoms with van der Waals surface area (Å²) in [6, 6.07) is 0. The lowest BCUT2D eigenvalue weighted by molar-refractivity contribution is 0.187. The minimum absolute atomic E-state index is 0.249. The molecule has 0 unspecified atom stereocenters. The molecule has 6 nitrogen and oxygen atoms in total. The largest absolute Gasteiger partial charge is 0.310 e. The van der Waals surface area contributed by atoms with E-state index in [9.17, 15) is 0 Å². The van der Waals surface area contributed by atoms with E-state index in [0.717, 1.165) is 44.8 Å². The summed E-state index contributed by atoms with van der Waals surface area (Å²) in [5.41, 5.74) is 0.249. The van der Waals surface area contributed by atoms with Crippen molar-refractivity contribution in [1.82, 2.24) is 30.4 Å². The summed E-state index contributed by atoms with van der Waals surface area (Å²) < 4.78 is 0. The molecule has 1 aliphatic heterocycles. The van der Waals surface area contributed by atoms with Gasteiger partial charge in [-0.3, -0.25) is 4.90 Å². The van der Waals surface area contributed by atoms with Crippen molar-refractivity contribution in [2.75, 3.05) is 19.6 Å². The van der Waals surface area contributed by atoms with Crippen molar-refractivity contribution in [3.63, 3.8) is 0 Å². The van der Waals surface area contributed by atoms with Gasteiger partial charge in [-0.1, -0.05) is 13.8 Å². The van der Waals surface area contributed by atoms with Gasteiger partial charge in [-0.25, -0.2) is 0 Å².